The zero-order valence-corrected chi connectivity index (χ0v) is 20.7. The van der Waals surface area contributed by atoms with Gasteiger partial charge in [0, 0.05) is 25.3 Å². The minimum Gasteiger partial charge on any atom is -0.384 e. The largest absolute Gasteiger partial charge is 0.384 e. The molecule has 1 amide bonds. The Bertz CT molecular complexity index is 808. The number of hydrogen-bond acceptors (Lipinski definition) is 7. The number of carbonyl (C=O) groups is 1. The number of imidazole rings is 1. The highest BCUT2D eigenvalue weighted by Gasteiger charge is 2.32. The average Bonchev–Trinajstić information content (AvgIpc) is 3.39. The Balaban J connectivity index is 2.15. The first-order valence-electron chi connectivity index (χ1n) is 11.4. The highest BCUT2D eigenvalue weighted by Crippen LogP contribution is 2.40. The van der Waals surface area contributed by atoms with Crippen LogP contribution in [0.3, 0.4) is 0 Å². The Hall–Kier alpha value is -1.80. The number of rotatable bonds is 12. The van der Waals surface area contributed by atoms with Gasteiger partial charge in [0.2, 0.25) is 14.2 Å². The van der Waals surface area contributed by atoms with Crippen molar-refractivity contribution in [2.75, 3.05) is 19.7 Å². The van der Waals surface area contributed by atoms with E-state index in [9.17, 15) is 14.6 Å². The molecule has 32 heavy (non-hydrogen) atoms. The highest BCUT2D eigenvalue weighted by atomic mass is 31.2. The van der Waals surface area contributed by atoms with Crippen molar-refractivity contribution in [3.63, 3.8) is 0 Å². The van der Waals surface area contributed by atoms with Crippen LogP contribution in [0.4, 0.5) is 5.82 Å². The van der Waals surface area contributed by atoms with Crippen LogP contribution in [-0.2, 0) is 9.53 Å². The summed E-state index contributed by atoms with van der Waals surface area (Å²) < 4.78 is 7.77. The number of allylic oxidation sites excluding steroid dienone is 1. The number of nitrogens with one attached hydrogen (secondary N) is 2. The molecule has 1 saturated carbocycles. The fraction of sp³-hybridized carbons (Fsp3) is 0.682. The third kappa shape index (κ3) is 6.61. The molecule has 1 heterocycles. The van der Waals surface area contributed by atoms with Gasteiger partial charge in [0.25, 0.3) is 5.91 Å². The third-order valence-corrected chi connectivity index (χ3v) is 6.55. The number of amides is 1. The molecule has 10 heteroatoms. The van der Waals surface area contributed by atoms with Crippen molar-refractivity contribution in [2.45, 2.75) is 72.2 Å². The molecular formula is C22H38N5O4P. The number of aliphatic imine (C=N–C) groups is 1. The second-order valence-electron chi connectivity index (χ2n) is 7.98. The van der Waals surface area contributed by atoms with E-state index < -0.39 is 20.1 Å². The fourth-order valence-corrected chi connectivity index (χ4v) is 4.55. The molecule has 0 aromatic carbocycles. The molecular weight excluding hydrogens is 429 g/mol. The van der Waals surface area contributed by atoms with Crippen molar-refractivity contribution in [2.24, 2.45) is 10.9 Å². The molecule has 0 aliphatic heterocycles. The molecule has 4 N–H and O–H groups in total. The third-order valence-electron chi connectivity index (χ3n) is 5.75. The summed E-state index contributed by atoms with van der Waals surface area (Å²) in [7, 11) is -2.50. The maximum absolute atomic E-state index is 12.0. The summed E-state index contributed by atoms with van der Waals surface area (Å²) in [6.07, 6.45) is 7.31. The number of aromatic nitrogens is 2. The van der Waals surface area contributed by atoms with Crippen LogP contribution in [0.1, 0.15) is 72.0 Å². The number of ether oxygens (including phenoxy) is 1. The Morgan fingerprint density at radius 1 is 1.34 bits per heavy atom. The van der Waals surface area contributed by atoms with Gasteiger partial charge in [-0.05, 0) is 64.9 Å². The highest BCUT2D eigenvalue weighted by molar-refractivity contribution is 7.46. The summed E-state index contributed by atoms with van der Waals surface area (Å²) in [6, 6.07) is 0.223. The van der Waals surface area contributed by atoms with Gasteiger partial charge >= 0.3 is 0 Å². The minimum atomic E-state index is -2.50. The predicted octanol–water partition coefficient (Wildman–Crippen LogP) is 3.47. The van der Waals surface area contributed by atoms with Crippen molar-refractivity contribution in [3.05, 3.63) is 17.6 Å². The smallest absolute Gasteiger partial charge is 0.258 e. The maximum Gasteiger partial charge on any atom is 0.258 e. The molecule has 0 bridgehead atoms. The SMILES string of the molecule is C/C=N\c1c(/C(NCC)=C(\C)CC)ncn1C1CCC(COC(C(=O)NCC)P(O)O)C1. The van der Waals surface area contributed by atoms with Crippen LogP contribution in [0.5, 0.6) is 0 Å². The van der Waals surface area contributed by atoms with Gasteiger partial charge in [-0.25, -0.2) is 9.98 Å². The lowest BCUT2D eigenvalue weighted by atomic mass is 10.1. The van der Waals surface area contributed by atoms with Crippen molar-refractivity contribution in [1.82, 2.24) is 20.2 Å². The van der Waals surface area contributed by atoms with Crippen molar-refractivity contribution < 1.29 is 19.3 Å². The number of likely N-dealkylation sites (N-methyl/N-ethyl adjacent to an activating group) is 1. The minimum absolute atomic E-state index is 0.220. The molecule has 3 unspecified atom stereocenters. The molecule has 1 fully saturated rings. The first-order chi connectivity index (χ1) is 15.4. The molecule has 1 aromatic rings. The molecule has 0 saturated heterocycles. The molecule has 1 aromatic heterocycles. The van der Waals surface area contributed by atoms with Crippen LogP contribution >= 0.6 is 8.38 Å². The number of nitrogens with zero attached hydrogens (tertiary/aromatic N) is 3. The molecule has 0 spiro atoms. The normalized spacial score (nSPS) is 20.6. The zero-order valence-electron chi connectivity index (χ0n) is 19.8. The van der Waals surface area contributed by atoms with E-state index in [0.29, 0.717) is 13.2 Å². The van der Waals surface area contributed by atoms with Gasteiger partial charge in [0.1, 0.15) is 5.69 Å². The molecule has 9 nitrogen and oxygen atoms in total. The first-order valence-corrected chi connectivity index (χ1v) is 12.7. The van der Waals surface area contributed by atoms with Crippen LogP contribution in [0.25, 0.3) is 5.70 Å². The topological polar surface area (TPSA) is 121 Å². The molecule has 2 rings (SSSR count). The monoisotopic (exact) mass is 467 g/mol. The Morgan fingerprint density at radius 2 is 2.06 bits per heavy atom. The van der Waals surface area contributed by atoms with Crippen LogP contribution in [0.2, 0.25) is 0 Å². The van der Waals surface area contributed by atoms with Crippen molar-refractivity contribution in [3.8, 4) is 0 Å². The summed E-state index contributed by atoms with van der Waals surface area (Å²) in [6.45, 7) is 11.5. The van der Waals surface area contributed by atoms with Gasteiger partial charge in [-0.1, -0.05) is 6.92 Å². The van der Waals surface area contributed by atoms with E-state index in [1.54, 1.807) is 13.1 Å². The lowest BCUT2D eigenvalue weighted by molar-refractivity contribution is -0.129. The Kier molecular flexibility index (Phi) is 10.8. The molecule has 1 aliphatic carbocycles. The quantitative estimate of drug-likeness (QED) is 0.276. The van der Waals surface area contributed by atoms with Gasteiger partial charge < -0.3 is 29.7 Å². The number of carbonyl (C=O) groups excluding carboxylic acids is 1. The van der Waals surface area contributed by atoms with Crippen LogP contribution in [0.15, 0.2) is 16.9 Å². The van der Waals surface area contributed by atoms with Gasteiger partial charge in [-0.2, -0.15) is 0 Å². The summed E-state index contributed by atoms with van der Waals surface area (Å²) in [4.78, 5) is 40.5. The van der Waals surface area contributed by atoms with Crippen molar-refractivity contribution >= 4 is 32.0 Å². The average molecular weight is 468 g/mol. The van der Waals surface area contributed by atoms with E-state index in [1.165, 1.54) is 5.57 Å². The van der Waals surface area contributed by atoms with Crippen LogP contribution in [-0.4, -0.2) is 57.0 Å². The second kappa shape index (κ2) is 13.0. The zero-order chi connectivity index (χ0) is 23.7. The van der Waals surface area contributed by atoms with Crippen LogP contribution < -0.4 is 10.6 Å². The van der Waals surface area contributed by atoms with E-state index >= 15 is 0 Å². The number of hydrogen-bond donors (Lipinski definition) is 4. The van der Waals surface area contributed by atoms with E-state index in [1.807, 2.05) is 13.3 Å². The fourth-order valence-electron chi connectivity index (χ4n) is 4.03. The molecule has 1 aliphatic rings. The first kappa shape index (κ1) is 26.5. The molecule has 0 radical (unpaired) electrons. The molecule has 3 atom stereocenters. The van der Waals surface area contributed by atoms with Gasteiger partial charge in [-0.3, -0.25) is 4.79 Å². The summed E-state index contributed by atoms with van der Waals surface area (Å²) in [5.41, 5.74) is 3.14. The Morgan fingerprint density at radius 3 is 2.66 bits per heavy atom. The van der Waals surface area contributed by atoms with E-state index in [4.69, 9.17) is 9.72 Å². The van der Waals surface area contributed by atoms with Crippen molar-refractivity contribution in [1.29, 1.82) is 0 Å². The van der Waals surface area contributed by atoms with Gasteiger partial charge in [0.05, 0.1) is 18.6 Å². The van der Waals surface area contributed by atoms with Crippen LogP contribution in [0, 0.1) is 5.92 Å². The second-order valence-corrected chi connectivity index (χ2v) is 9.09. The standard InChI is InChI=1S/C22H38N5O4P/c1-6-15(5)18(23-7-2)19-20(24-8-3)27(14-26-19)17-11-10-16(12-17)13-31-22(32(29)30)21(28)25-9-4/h8,14,16-17,22-23,29-30H,6-7,9-13H2,1-5H3,(H,25,28)/b18-15-,24-8-. The molecule has 180 valence electrons. The summed E-state index contributed by atoms with van der Waals surface area (Å²) in [5, 5.41) is 6.04. The summed E-state index contributed by atoms with van der Waals surface area (Å²) >= 11 is 0. The van der Waals surface area contributed by atoms with Gasteiger partial charge in [0.15, 0.2) is 5.82 Å². The van der Waals surface area contributed by atoms with Gasteiger partial charge in [-0.15, -0.1) is 0 Å². The lowest BCUT2D eigenvalue weighted by Gasteiger charge is -2.20. The van der Waals surface area contributed by atoms with E-state index in [-0.39, 0.29) is 12.0 Å². The maximum atomic E-state index is 12.0. The van der Waals surface area contributed by atoms with E-state index in [2.05, 4.69) is 41.0 Å². The lowest BCUT2D eigenvalue weighted by Crippen LogP contribution is -2.36. The Labute approximate surface area is 192 Å². The predicted molar refractivity (Wildman–Crippen MR) is 129 cm³/mol. The summed E-state index contributed by atoms with van der Waals surface area (Å²) in [5.74, 6) is -0.630. The van der Waals surface area contributed by atoms with E-state index in [0.717, 1.165) is 49.4 Å².